The number of benzene rings is 2. The van der Waals surface area contributed by atoms with Crippen molar-refractivity contribution in [1.82, 2.24) is 4.57 Å². The molecule has 3 rings (SSSR count). The third-order valence-electron chi connectivity index (χ3n) is 3.57. The highest BCUT2D eigenvalue weighted by Crippen LogP contribution is 2.26. The summed E-state index contributed by atoms with van der Waals surface area (Å²) in [6.45, 7) is 2.51. The first-order valence-electron chi connectivity index (χ1n) is 7.62. The highest BCUT2D eigenvalue weighted by molar-refractivity contribution is 7.16. The van der Waals surface area contributed by atoms with Crippen molar-refractivity contribution in [2.75, 3.05) is 6.61 Å². The van der Waals surface area contributed by atoms with Crippen LogP contribution in [0.1, 0.15) is 12.5 Å². The van der Waals surface area contributed by atoms with Crippen LogP contribution in [-0.2, 0) is 18.3 Å². The van der Waals surface area contributed by atoms with Gasteiger partial charge in [-0.1, -0.05) is 29.5 Å². The number of para-hydroxylation sites is 1. The molecule has 0 atom stereocenters. The number of amides is 1. The van der Waals surface area contributed by atoms with Gasteiger partial charge >= 0.3 is 0 Å². The van der Waals surface area contributed by atoms with Crippen LogP contribution in [-0.4, -0.2) is 17.1 Å². The number of aromatic nitrogens is 1. The lowest BCUT2D eigenvalue weighted by molar-refractivity contribution is -0.117. The van der Waals surface area contributed by atoms with Crippen molar-refractivity contribution >= 4 is 27.5 Å². The Morgan fingerprint density at radius 2 is 2.00 bits per heavy atom. The van der Waals surface area contributed by atoms with Crippen LogP contribution in [0.15, 0.2) is 47.5 Å². The van der Waals surface area contributed by atoms with Gasteiger partial charge in [-0.05, 0) is 36.8 Å². The van der Waals surface area contributed by atoms with E-state index in [1.807, 2.05) is 36.7 Å². The van der Waals surface area contributed by atoms with E-state index in [-0.39, 0.29) is 18.1 Å². The minimum atomic E-state index is -0.317. The molecule has 0 aliphatic carbocycles. The fourth-order valence-electron chi connectivity index (χ4n) is 2.47. The van der Waals surface area contributed by atoms with E-state index >= 15 is 0 Å². The van der Waals surface area contributed by atoms with E-state index in [9.17, 15) is 9.18 Å². The smallest absolute Gasteiger partial charge is 0.252 e. The first-order valence-corrected chi connectivity index (χ1v) is 8.43. The zero-order chi connectivity index (χ0) is 17.1. The van der Waals surface area contributed by atoms with Crippen LogP contribution in [0.4, 0.5) is 4.39 Å². The molecule has 0 aliphatic heterocycles. The minimum Gasteiger partial charge on any atom is -0.492 e. The second-order valence-electron chi connectivity index (χ2n) is 5.29. The number of ether oxygens (including phenoxy) is 1. The molecule has 124 valence electrons. The average Bonchev–Trinajstić information content (AvgIpc) is 2.87. The lowest BCUT2D eigenvalue weighted by Gasteiger charge is -2.05. The molecular weight excluding hydrogens is 327 g/mol. The molecule has 0 radical (unpaired) electrons. The van der Waals surface area contributed by atoms with E-state index in [0.717, 1.165) is 21.5 Å². The molecule has 0 N–H and O–H groups in total. The predicted octanol–water partition coefficient (Wildman–Crippen LogP) is 3.45. The molecular formula is C18H17FN2O2S. The van der Waals surface area contributed by atoms with Crippen molar-refractivity contribution in [3.8, 4) is 5.75 Å². The Hall–Kier alpha value is -2.47. The van der Waals surface area contributed by atoms with Gasteiger partial charge in [0.05, 0.1) is 17.7 Å². The molecule has 0 unspecified atom stereocenters. The monoisotopic (exact) mass is 344 g/mol. The van der Waals surface area contributed by atoms with Crippen LogP contribution in [0.3, 0.4) is 0 Å². The summed E-state index contributed by atoms with van der Waals surface area (Å²) in [5.41, 5.74) is 1.67. The van der Waals surface area contributed by atoms with Crippen molar-refractivity contribution < 1.29 is 13.9 Å². The number of hydrogen-bond acceptors (Lipinski definition) is 3. The van der Waals surface area contributed by atoms with Gasteiger partial charge in [0.1, 0.15) is 17.1 Å². The number of nitrogens with zero attached hydrogens (tertiary/aromatic N) is 2. The van der Waals surface area contributed by atoms with Gasteiger partial charge in [-0.3, -0.25) is 4.79 Å². The van der Waals surface area contributed by atoms with E-state index in [2.05, 4.69) is 4.99 Å². The molecule has 0 saturated heterocycles. The maximum absolute atomic E-state index is 12.9. The third-order valence-corrected chi connectivity index (χ3v) is 4.67. The Morgan fingerprint density at radius 1 is 1.25 bits per heavy atom. The zero-order valence-electron chi connectivity index (χ0n) is 13.5. The summed E-state index contributed by atoms with van der Waals surface area (Å²) >= 11 is 1.44. The van der Waals surface area contributed by atoms with Crippen molar-refractivity contribution in [3.63, 3.8) is 0 Å². The maximum Gasteiger partial charge on any atom is 0.252 e. The van der Waals surface area contributed by atoms with Gasteiger partial charge < -0.3 is 9.30 Å². The number of carbonyl (C=O) groups excluding carboxylic acids is 1. The lowest BCUT2D eigenvalue weighted by atomic mass is 10.1. The summed E-state index contributed by atoms with van der Waals surface area (Å²) in [7, 11) is 1.87. The van der Waals surface area contributed by atoms with Crippen LogP contribution in [0, 0.1) is 5.82 Å². The van der Waals surface area contributed by atoms with Gasteiger partial charge in [0.15, 0.2) is 4.80 Å². The first kappa shape index (κ1) is 16.4. The number of carbonyl (C=O) groups is 1. The SMILES string of the molecule is CCOc1cccc2sc(=NC(=O)Cc3ccc(F)cc3)n(C)c12. The fraction of sp³-hybridized carbons (Fsp3) is 0.222. The zero-order valence-corrected chi connectivity index (χ0v) is 14.3. The largest absolute Gasteiger partial charge is 0.492 e. The number of hydrogen-bond donors (Lipinski definition) is 0. The molecule has 0 fully saturated rings. The second-order valence-corrected chi connectivity index (χ2v) is 6.30. The lowest BCUT2D eigenvalue weighted by Crippen LogP contribution is -2.14. The Kier molecular flexibility index (Phi) is 4.76. The van der Waals surface area contributed by atoms with E-state index in [4.69, 9.17) is 4.74 Å². The molecule has 4 nitrogen and oxygen atoms in total. The minimum absolute atomic E-state index is 0.146. The second kappa shape index (κ2) is 6.97. The summed E-state index contributed by atoms with van der Waals surface area (Å²) in [5.74, 6) is 0.199. The summed E-state index contributed by atoms with van der Waals surface area (Å²) in [6.07, 6.45) is 0.146. The van der Waals surface area contributed by atoms with Crippen LogP contribution in [0.2, 0.25) is 0 Å². The molecule has 0 bridgehead atoms. The summed E-state index contributed by atoms with van der Waals surface area (Å²) in [4.78, 5) is 17.0. The molecule has 0 saturated carbocycles. The van der Waals surface area contributed by atoms with Crippen molar-refractivity contribution in [1.29, 1.82) is 0 Å². The molecule has 3 aromatic rings. The highest BCUT2D eigenvalue weighted by atomic mass is 32.1. The Labute approximate surface area is 142 Å². The topological polar surface area (TPSA) is 43.6 Å². The van der Waals surface area contributed by atoms with Gasteiger partial charge in [-0.25, -0.2) is 4.39 Å². The molecule has 6 heteroatoms. The van der Waals surface area contributed by atoms with Crippen LogP contribution in [0.5, 0.6) is 5.75 Å². The number of thiazole rings is 1. The summed E-state index contributed by atoms with van der Waals surface area (Å²) in [6, 6.07) is 11.7. The summed E-state index contributed by atoms with van der Waals surface area (Å²) < 4.78 is 21.4. The first-order chi connectivity index (χ1) is 11.6. The fourth-order valence-corrected chi connectivity index (χ4v) is 3.52. The molecule has 1 heterocycles. The number of rotatable bonds is 4. The van der Waals surface area contributed by atoms with Gasteiger partial charge in [0.25, 0.3) is 5.91 Å². The average molecular weight is 344 g/mol. The molecule has 2 aromatic carbocycles. The Bertz CT molecular complexity index is 942. The molecule has 24 heavy (non-hydrogen) atoms. The maximum atomic E-state index is 12.9. The number of aryl methyl sites for hydroxylation is 1. The van der Waals surface area contributed by atoms with E-state index < -0.39 is 0 Å². The van der Waals surface area contributed by atoms with E-state index in [1.54, 1.807) is 12.1 Å². The van der Waals surface area contributed by atoms with Crippen molar-refractivity contribution in [2.45, 2.75) is 13.3 Å². The van der Waals surface area contributed by atoms with E-state index in [0.29, 0.717) is 11.4 Å². The molecule has 0 aliphatic rings. The number of fused-ring (bicyclic) bond motifs is 1. The molecule has 1 amide bonds. The standard InChI is InChI=1S/C18H17FN2O2S/c1-3-23-14-5-4-6-15-17(14)21(2)18(24-15)20-16(22)11-12-7-9-13(19)10-8-12/h4-10H,3,11H2,1-2H3. The third kappa shape index (κ3) is 3.38. The predicted molar refractivity (Wildman–Crippen MR) is 92.6 cm³/mol. The normalized spacial score (nSPS) is 11.9. The molecule has 1 aromatic heterocycles. The van der Waals surface area contributed by atoms with Gasteiger partial charge in [-0.2, -0.15) is 4.99 Å². The Balaban J connectivity index is 1.94. The van der Waals surface area contributed by atoms with Gasteiger partial charge in [0.2, 0.25) is 0 Å². The van der Waals surface area contributed by atoms with Crippen molar-refractivity contribution in [2.24, 2.45) is 12.0 Å². The number of halogens is 1. The van der Waals surface area contributed by atoms with Gasteiger partial charge in [0, 0.05) is 7.05 Å². The van der Waals surface area contributed by atoms with Crippen molar-refractivity contribution in [3.05, 3.63) is 58.6 Å². The highest BCUT2D eigenvalue weighted by Gasteiger charge is 2.10. The quantitative estimate of drug-likeness (QED) is 0.728. The summed E-state index contributed by atoms with van der Waals surface area (Å²) in [5, 5.41) is 0. The van der Waals surface area contributed by atoms with Crippen LogP contribution >= 0.6 is 11.3 Å². The van der Waals surface area contributed by atoms with Crippen LogP contribution < -0.4 is 9.54 Å². The Morgan fingerprint density at radius 3 is 2.71 bits per heavy atom. The van der Waals surface area contributed by atoms with Crippen LogP contribution in [0.25, 0.3) is 10.2 Å². The van der Waals surface area contributed by atoms with E-state index in [1.165, 1.54) is 23.5 Å². The molecule has 0 spiro atoms. The van der Waals surface area contributed by atoms with Gasteiger partial charge in [-0.15, -0.1) is 0 Å².